The molecular weight excluding hydrogens is 236 g/mol. The van der Waals surface area contributed by atoms with Crippen LogP contribution in [-0.2, 0) is 4.74 Å². The monoisotopic (exact) mass is 268 g/mol. The molecule has 0 aromatic heterocycles. The zero-order chi connectivity index (χ0) is 13.5. The molecule has 1 saturated carbocycles. The molecule has 1 saturated heterocycles. The Morgan fingerprint density at radius 1 is 1.05 bits per heavy atom. The highest BCUT2D eigenvalue weighted by Crippen LogP contribution is 2.25. The lowest BCUT2D eigenvalue weighted by Crippen LogP contribution is -2.45. The fraction of sp³-hybridized carbons (Fsp3) is 1.00. The van der Waals surface area contributed by atoms with Gasteiger partial charge < -0.3 is 15.0 Å². The van der Waals surface area contributed by atoms with Gasteiger partial charge in [0.25, 0.3) is 0 Å². The minimum atomic E-state index is 0.745. The van der Waals surface area contributed by atoms with Gasteiger partial charge in [-0.25, -0.2) is 0 Å². The van der Waals surface area contributed by atoms with E-state index in [2.05, 4.69) is 24.2 Å². The third kappa shape index (κ3) is 4.73. The van der Waals surface area contributed by atoms with Crippen LogP contribution in [0.2, 0.25) is 0 Å². The summed E-state index contributed by atoms with van der Waals surface area (Å²) in [5.74, 6) is 0.843. The molecule has 2 atom stereocenters. The summed E-state index contributed by atoms with van der Waals surface area (Å²) in [6, 6.07) is 1.49. The topological polar surface area (TPSA) is 24.5 Å². The fourth-order valence-electron chi connectivity index (χ4n) is 3.78. The molecular formula is C16H32N2O. The number of hydrogen-bond acceptors (Lipinski definition) is 3. The summed E-state index contributed by atoms with van der Waals surface area (Å²) in [6.45, 7) is 6.53. The second kappa shape index (κ2) is 8.23. The Morgan fingerprint density at radius 2 is 1.79 bits per heavy atom. The van der Waals surface area contributed by atoms with Crippen LogP contribution in [0.15, 0.2) is 0 Å². The third-order valence-corrected chi connectivity index (χ3v) is 4.96. The highest BCUT2D eigenvalue weighted by molar-refractivity contribution is 4.83. The van der Waals surface area contributed by atoms with Gasteiger partial charge in [0, 0.05) is 31.8 Å². The first-order valence-corrected chi connectivity index (χ1v) is 8.32. The molecule has 0 amide bonds. The molecule has 0 aromatic carbocycles. The molecule has 2 fully saturated rings. The molecule has 0 spiro atoms. The van der Waals surface area contributed by atoms with Crippen LogP contribution in [0, 0.1) is 5.92 Å². The zero-order valence-corrected chi connectivity index (χ0v) is 12.9. The molecule has 0 bridgehead atoms. The Kier molecular flexibility index (Phi) is 6.62. The van der Waals surface area contributed by atoms with E-state index in [1.807, 2.05) is 0 Å². The molecule has 3 nitrogen and oxygen atoms in total. The van der Waals surface area contributed by atoms with E-state index in [-0.39, 0.29) is 0 Å². The van der Waals surface area contributed by atoms with Crippen molar-refractivity contribution in [3.63, 3.8) is 0 Å². The molecule has 2 unspecified atom stereocenters. The van der Waals surface area contributed by atoms with Gasteiger partial charge in [-0.05, 0) is 45.2 Å². The summed E-state index contributed by atoms with van der Waals surface area (Å²) in [4.78, 5) is 2.61. The molecule has 1 aliphatic heterocycles. The van der Waals surface area contributed by atoms with Crippen LogP contribution in [0.25, 0.3) is 0 Å². The van der Waals surface area contributed by atoms with Gasteiger partial charge in [0.15, 0.2) is 0 Å². The van der Waals surface area contributed by atoms with Crippen molar-refractivity contribution in [1.82, 2.24) is 10.2 Å². The Bertz CT molecular complexity index is 241. The lowest BCUT2D eigenvalue weighted by Gasteiger charge is -2.36. The molecule has 1 N–H and O–H groups in total. The van der Waals surface area contributed by atoms with Gasteiger partial charge in [-0.1, -0.05) is 26.2 Å². The van der Waals surface area contributed by atoms with E-state index in [9.17, 15) is 0 Å². The van der Waals surface area contributed by atoms with Gasteiger partial charge in [0.2, 0.25) is 0 Å². The van der Waals surface area contributed by atoms with Crippen LogP contribution in [0.4, 0.5) is 0 Å². The Hall–Kier alpha value is -0.120. The molecule has 2 rings (SSSR count). The maximum atomic E-state index is 5.48. The lowest BCUT2D eigenvalue weighted by atomic mass is 9.93. The van der Waals surface area contributed by atoms with E-state index < -0.39 is 0 Å². The number of rotatable bonds is 5. The van der Waals surface area contributed by atoms with Crippen LogP contribution in [0.3, 0.4) is 0 Å². The summed E-state index contributed by atoms with van der Waals surface area (Å²) < 4.78 is 5.48. The van der Waals surface area contributed by atoms with Crippen molar-refractivity contribution in [1.29, 1.82) is 0 Å². The van der Waals surface area contributed by atoms with Gasteiger partial charge >= 0.3 is 0 Å². The average molecular weight is 268 g/mol. The van der Waals surface area contributed by atoms with Crippen LogP contribution in [-0.4, -0.2) is 50.3 Å². The van der Waals surface area contributed by atoms with Gasteiger partial charge in [0.1, 0.15) is 0 Å². The zero-order valence-electron chi connectivity index (χ0n) is 12.9. The van der Waals surface area contributed by atoms with E-state index in [0.29, 0.717) is 0 Å². The SMILES string of the molecule is CCNC1CCCCCC1CN(C)C1CCOCC1. The van der Waals surface area contributed by atoms with Crippen molar-refractivity contribution in [3.05, 3.63) is 0 Å². The van der Waals surface area contributed by atoms with Crippen LogP contribution in [0.5, 0.6) is 0 Å². The van der Waals surface area contributed by atoms with E-state index in [1.165, 1.54) is 51.5 Å². The van der Waals surface area contributed by atoms with Gasteiger partial charge in [0.05, 0.1) is 0 Å². The maximum absolute atomic E-state index is 5.48. The normalized spacial score (nSPS) is 30.5. The van der Waals surface area contributed by atoms with E-state index in [1.54, 1.807) is 0 Å². The second-order valence-electron chi connectivity index (χ2n) is 6.35. The van der Waals surface area contributed by atoms with Gasteiger partial charge in [-0.15, -0.1) is 0 Å². The Morgan fingerprint density at radius 3 is 2.53 bits per heavy atom. The summed E-state index contributed by atoms with van der Waals surface area (Å²) in [6.07, 6.45) is 9.48. The van der Waals surface area contributed by atoms with E-state index in [4.69, 9.17) is 4.74 Å². The molecule has 0 aromatic rings. The lowest BCUT2D eigenvalue weighted by molar-refractivity contribution is 0.0357. The molecule has 1 aliphatic carbocycles. The predicted octanol–water partition coefficient (Wildman–Crippen LogP) is 2.66. The summed E-state index contributed by atoms with van der Waals surface area (Å²) in [7, 11) is 2.32. The standard InChI is InChI=1S/C16H32N2O/c1-3-17-16-8-6-4-5-7-14(16)13-18(2)15-9-11-19-12-10-15/h14-17H,3-13H2,1-2H3. The van der Waals surface area contributed by atoms with Crippen molar-refractivity contribution in [2.45, 2.75) is 64.0 Å². The van der Waals surface area contributed by atoms with Crippen LogP contribution >= 0.6 is 0 Å². The highest BCUT2D eigenvalue weighted by Gasteiger charge is 2.27. The first-order chi connectivity index (χ1) is 9.31. The van der Waals surface area contributed by atoms with Crippen molar-refractivity contribution in [2.75, 3.05) is 33.4 Å². The quantitative estimate of drug-likeness (QED) is 0.776. The van der Waals surface area contributed by atoms with E-state index >= 15 is 0 Å². The Labute approximate surface area is 119 Å². The maximum Gasteiger partial charge on any atom is 0.0480 e. The van der Waals surface area contributed by atoms with Gasteiger partial charge in [-0.2, -0.15) is 0 Å². The number of hydrogen-bond donors (Lipinski definition) is 1. The molecule has 1 heterocycles. The number of nitrogens with one attached hydrogen (secondary N) is 1. The number of nitrogens with zero attached hydrogens (tertiary/aromatic N) is 1. The largest absolute Gasteiger partial charge is 0.381 e. The molecule has 2 aliphatic rings. The average Bonchev–Trinajstić information content (AvgIpc) is 2.66. The smallest absolute Gasteiger partial charge is 0.0480 e. The van der Waals surface area contributed by atoms with Crippen LogP contribution in [0.1, 0.15) is 51.9 Å². The minimum Gasteiger partial charge on any atom is -0.381 e. The first kappa shape index (κ1) is 15.3. The highest BCUT2D eigenvalue weighted by atomic mass is 16.5. The third-order valence-electron chi connectivity index (χ3n) is 4.96. The Balaban J connectivity index is 1.85. The van der Waals surface area contributed by atoms with Crippen molar-refractivity contribution >= 4 is 0 Å². The fourth-order valence-corrected chi connectivity index (χ4v) is 3.78. The summed E-state index contributed by atoms with van der Waals surface area (Å²) in [5.41, 5.74) is 0. The number of ether oxygens (including phenoxy) is 1. The molecule has 112 valence electrons. The van der Waals surface area contributed by atoms with Crippen LogP contribution < -0.4 is 5.32 Å². The predicted molar refractivity (Wildman–Crippen MR) is 80.5 cm³/mol. The van der Waals surface area contributed by atoms with Crippen molar-refractivity contribution < 1.29 is 4.74 Å². The second-order valence-corrected chi connectivity index (χ2v) is 6.35. The van der Waals surface area contributed by atoms with E-state index in [0.717, 1.165) is 37.8 Å². The van der Waals surface area contributed by atoms with Gasteiger partial charge in [-0.3, -0.25) is 0 Å². The first-order valence-electron chi connectivity index (χ1n) is 8.32. The summed E-state index contributed by atoms with van der Waals surface area (Å²) in [5, 5.41) is 3.73. The minimum absolute atomic E-state index is 0.745. The molecule has 3 heteroatoms. The van der Waals surface area contributed by atoms with Crippen molar-refractivity contribution in [2.24, 2.45) is 5.92 Å². The van der Waals surface area contributed by atoms with Crippen molar-refractivity contribution in [3.8, 4) is 0 Å². The summed E-state index contributed by atoms with van der Waals surface area (Å²) >= 11 is 0. The molecule has 19 heavy (non-hydrogen) atoms. The molecule has 0 radical (unpaired) electrons.